The van der Waals surface area contributed by atoms with E-state index in [4.69, 9.17) is 0 Å². The highest BCUT2D eigenvalue weighted by Crippen LogP contribution is 2.25. The first kappa shape index (κ1) is 15.3. The summed E-state index contributed by atoms with van der Waals surface area (Å²) in [7, 11) is 0. The molecule has 0 radical (unpaired) electrons. The number of nitrogens with zero attached hydrogens (tertiary/aromatic N) is 2. The number of carbonyl (C=O) groups is 1. The second-order valence-electron chi connectivity index (χ2n) is 6.63. The number of nitrogens with one attached hydrogen (secondary N) is 1. The Morgan fingerprint density at radius 3 is 2.32 bits per heavy atom. The molecule has 4 heteroatoms. The lowest BCUT2D eigenvalue weighted by Crippen LogP contribution is -2.26. The highest BCUT2D eigenvalue weighted by atomic mass is 16.1. The molecule has 0 aromatic carbocycles. The van der Waals surface area contributed by atoms with Crippen LogP contribution < -0.4 is 10.2 Å². The summed E-state index contributed by atoms with van der Waals surface area (Å²) in [6, 6.07) is 4.04. The maximum Gasteiger partial charge on any atom is 0.228 e. The molecule has 1 aliphatic heterocycles. The van der Waals surface area contributed by atoms with Crippen molar-refractivity contribution < 1.29 is 4.79 Å². The largest absolute Gasteiger partial charge is 0.370 e. The van der Waals surface area contributed by atoms with E-state index >= 15 is 0 Å². The first-order valence-electron chi connectivity index (χ1n) is 8.85. The SMILES string of the molecule is O=C(Nc1ccc(N2CCCCCC2)cn1)C1CCCCC1. The van der Waals surface area contributed by atoms with Crippen LogP contribution in [0.2, 0.25) is 0 Å². The van der Waals surface area contributed by atoms with Crippen LogP contribution in [-0.2, 0) is 4.79 Å². The van der Waals surface area contributed by atoms with Crippen molar-refractivity contribution in [2.75, 3.05) is 23.3 Å². The molecule has 0 atom stereocenters. The summed E-state index contributed by atoms with van der Waals surface area (Å²) < 4.78 is 0. The van der Waals surface area contributed by atoms with Crippen molar-refractivity contribution in [3.63, 3.8) is 0 Å². The molecule has 2 heterocycles. The lowest BCUT2D eigenvalue weighted by molar-refractivity contribution is -0.120. The van der Waals surface area contributed by atoms with Crippen LogP contribution in [-0.4, -0.2) is 24.0 Å². The first-order valence-corrected chi connectivity index (χ1v) is 8.85. The minimum atomic E-state index is 0.148. The normalized spacial score (nSPS) is 20.5. The Bertz CT molecular complexity index is 472. The van der Waals surface area contributed by atoms with Crippen LogP contribution in [0.15, 0.2) is 18.3 Å². The van der Waals surface area contributed by atoms with E-state index in [0.29, 0.717) is 5.82 Å². The number of rotatable bonds is 3. The van der Waals surface area contributed by atoms with Crippen molar-refractivity contribution in [1.82, 2.24) is 4.98 Å². The Balaban J connectivity index is 1.57. The predicted molar refractivity (Wildman–Crippen MR) is 90.1 cm³/mol. The molecule has 0 spiro atoms. The quantitative estimate of drug-likeness (QED) is 0.918. The zero-order valence-electron chi connectivity index (χ0n) is 13.4. The summed E-state index contributed by atoms with van der Waals surface area (Å²) in [6.45, 7) is 2.24. The summed E-state index contributed by atoms with van der Waals surface area (Å²) in [5, 5.41) is 2.99. The van der Waals surface area contributed by atoms with Gasteiger partial charge in [-0.25, -0.2) is 4.98 Å². The lowest BCUT2D eigenvalue weighted by Gasteiger charge is -2.23. The van der Waals surface area contributed by atoms with Crippen molar-refractivity contribution in [2.24, 2.45) is 5.92 Å². The van der Waals surface area contributed by atoms with E-state index in [-0.39, 0.29) is 11.8 Å². The number of aromatic nitrogens is 1. The van der Waals surface area contributed by atoms with Crippen molar-refractivity contribution in [2.45, 2.75) is 57.8 Å². The van der Waals surface area contributed by atoms with E-state index in [9.17, 15) is 4.79 Å². The van der Waals surface area contributed by atoms with Crippen LogP contribution >= 0.6 is 0 Å². The van der Waals surface area contributed by atoms with Gasteiger partial charge in [0.05, 0.1) is 11.9 Å². The fourth-order valence-corrected chi connectivity index (χ4v) is 3.57. The highest BCUT2D eigenvalue weighted by Gasteiger charge is 2.21. The van der Waals surface area contributed by atoms with Gasteiger partial charge < -0.3 is 10.2 Å². The van der Waals surface area contributed by atoms with Crippen LogP contribution in [0.1, 0.15) is 57.8 Å². The fourth-order valence-electron chi connectivity index (χ4n) is 3.57. The number of anilines is 2. The van der Waals surface area contributed by atoms with Gasteiger partial charge in [0.15, 0.2) is 0 Å². The minimum Gasteiger partial charge on any atom is -0.370 e. The molecule has 1 saturated carbocycles. The molecule has 2 aliphatic rings. The molecule has 22 heavy (non-hydrogen) atoms. The smallest absolute Gasteiger partial charge is 0.228 e. The zero-order chi connectivity index (χ0) is 15.2. The molecule has 1 aromatic rings. The average Bonchev–Trinajstić information content (AvgIpc) is 2.86. The van der Waals surface area contributed by atoms with E-state index in [2.05, 4.69) is 21.3 Å². The van der Waals surface area contributed by atoms with Gasteiger partial charge in [0, 0.05) is 19.0 Å². The molecule has 1 saturated heterocycles. The summed E-state index contributed by atoms with van der Waals surface area (Å²) >= 11 is 0. The van der Waals surface area contributed by atoms with Gasteiger partial charge in [-0.1, -0.05) is 32.1 Å². The third kappa shape index (κ3) is 3.99. The van der Waals surface area contributed by atoms with Crippen LogP contribution in [0.4, 0.5) is 11.5 Å². The zero-order valence-corrected chi connectivity index (χ0v) is 13.4. The Labute approximate surface area is 133 Å². The lowest BCUT2D eigenvalue weighted by atomic mass is 9.89. The number of pyridine rings is 1. The number of hydrogen-bond acceptors (Lipinski definition) is 3. The molecule has 1 aromatic heterocycles. The van der Waals surface area contributed by atoms with Gasteiger partial charge >= 0.3 is 0 Å². The number of hydrogen-bond donors (Lipinski definition) is 1. The predicted octanol–water partition coefficient (Wildman–Crippen LogP) is 3.98. The molecule has 120 valence electrons. The fraction of sp³-hybridized carbons (Fsp3) is 0.667. The molecule has 1 N–H and O–H groups in total. The number of carbonyl (C=O) groups excluding carboxylic acids is 1. The monoisotopic (exact) mass is 301 g/mol. The topological polar surface area (TPSA) is 45.2 Å². The average molecular weight is 301 g/mol. The van der Waals surface area contributed by atoms with Gasteiger partial charge in [-0.15, -0.1) is 0 Å². The molecular formula is C18H27N3O. The molecule has 1 amide bonds. The van der Waals surface area contributed by atoms with Gasteiger partial charge in [0.2, 0.25) is 5.91 Å². The summed E-state index contributed by atoms with van der Waals surface area (Å²) in [6.07, 6.45) is 12.8. The van der Waals surface area contributed by atoms with E-state index < -0.39 is 0 Å². The molecule has 2 fully saturated rings. The van der Waals surface area contributed by atoms with Crippen molar-refractivity contribution in [1.29, 1.82) is 0 Å². The molecule has 4 nitrogen and oxygen atoms in total. The maximum atomic E-state index is 12.2. The highest BCUT2D eigenvalue weighted by molar-refractivity contribution is 5.91. The van der Waals surface area contributed by atoms with Crippen LogP contribution in [0.3, 0.4) is 0 Å². The van der Waals surface area contributed by atoms with Crippen LogP contribution in [0.25, 0.3) is 0 Å². The van der Waals surface area contributed by atoms with Crippen molar-refractivity contribution >= 4 is 17.4 Å². The molecule has 0 unspecified atom stereocenters. The minimum absolute atomic E-state index is 0.148. The third-order valence-corrected chi connectivity index (χ3v) is 4.95. The Hall–Kier alpha value is -1.58. The maximum absolute atomic E-state index is 12.2. The summed E-state index contributed by atoms with van der Waals surface area (Å²) in [5.74, 6) is 1.02. The Morgan fingerprint density at radius 1 is 1.00 bits per heavy atom. The second kappa shape index (κ2) is 7.61. The second-order valence-corrected chi connectivity index (χ2v) is 6.63. The molecule has 3 rings (SSSR count). The van der Waals surface area contributed by atoms with Gasteiger partial charge in [-0.05, 0) is 37.8 Å². The van der Waals surface area contributed by atoms with Gasteiger partial charge in [-0.2, -0.15) is 0 Å². The third-order valence-electron chi connectivity index (χ3n) is 4.95. The Kier molecular flexibility index (Phi) is 5.30. The van der Waals surface area contributed by atoms with Crippen LogP contribution in [0, 0.1) is 5.92 Å². The van der Waals surface area contributed by atoms with Gasteiger partial charge in [0.25, 0.3) is 0 Å². The van der Waals surface area contributed by atoms with Gasteiger partial charge in [-0.3, -0.25) is 4.79 Å². The first-order chi connectivity index (χ1) is 10.8. The number of amides is 1. The Morgan fingerprint density at radius 2 is 1.68 bits per heavy atom. The van der Waals surface area contributed by atoms with Crippen molar-refractivity contribution in [3.8, 4) is 0 Å². The van der Waals surface area contributed by atoms with E-state index in [1.54, 1.807) is 0 Å². The van der Waals surface area contributed by atoms with Gasteiger partial charge in [0.1, 0.15) is 5.82 Å². The molecular weight excluding hydrogens is 274 g/mol. The van der Waals surface area contributed by atoms with Crippen LogP contribution in [0.5, 0.6) is 0 Å². The summed E-state index contributed by atoms with van der Waals surface area (Å²) in [5.41, 5.74) is 1.18. The van der Waals surface area contributed by atoms with E-state index in [1.807, 2.05) is 12.3 Å². The van der Waals surface area contributed by atoms with E-state index in [0.717, 1.165) is 25.9 Å². The van der Waals surface area contributed by atoms with E-state index in [1.165, 1.54) is 50.6 Å². The standard InChI is InChI=1S/C18H27N3O/c22-18(15-8-4-3-5-9-15)20-17-11-10-16(14-19-17)21-12-6-1-2-7-13-21/h10-11,14-15H,1-9,12-13H2,(H,19,20,22). The van der Waals surface area contributed by atoms with Crippen molar-refractivity contribution in [3.05, 3.63) is 18.3 Å². The molecule has 0 bridgehead atoms. The molecule has 1 aliphatic carbocycles. The summed E-state index contributed by atoms with van der Waals surface area (Å²) in [4.78, 5) is 19.1.